The number of benzene rings is 2. The van der Waals surface area contributed by atoms with Crippen molar-refractivity contribution in [3.8, 4) is 0 Å². The fraction of sp³-hybridized carbons (Fsp3) is 0.200. The van der Waals surface area contributed by atoms with Gasteiger partial charge in [-0.05, 0) is 43.2 Å². The number of aryl methyl sites for hydroxylation is 2. The molecule has 2 aromatic carbocycles. The lowest BCUT2D eigenvalue weighted by Crippen LogP contribution is -2.35. The van der Waals surface area contributed by atoms with Crippen LogP contribution in [0.1, 0.15) is 11.1 Å². The molecule has 0 fully saturated rings. The predicted molar refractivity (Wildman–Crippen MR) is 106 cm³/mol. The van der Waals surface area contributed by atoms with Crippen LogP contribution < -0.4 is 5.32 Å². The van der Waals surface area contributed by atoms with Gasteiger partial charge in [-0.3, -0.25) is 9.78 Å². The zero-order valence-electron chi connectivity index (χ0n) is 15.4. The van der Waals surface area contributed by atoms with Gasteiger partial charge in [-0.15, -0.1) is 0 Å². The Kier molecular flexibility index (Phi) is 5.25. The van der Waals surface area contributed by atoms with Crippen LogP contribution in [0.3, 0.4) is 0 Å². The summed E-state index contributed by atoms with van der Waals surface area (Å²) >= 11 is 0. The molecule has 0 aliphatic carbocycles. The van der Waals surface area contributed by atoms with Gasteiger partial charge in [0, 0.05) is 35.9 Å². The highest BCUT2D eigenvalue weighted by molar-refractivity contribution is 7.89. The second-order valence-electron chi connectivity index (χ2n) is 6.48. The summed E-state index contributed by atoms with van der Waals surface area (Å²) in [6.07, 6.45) is 3.16. The fourth-order valence-electron chi connectivity index (χ4n) is 2.83. The van der Waals surface area contributed by atoms with Gasteiger partial charge >= 0.3 is 0 Å². The number of hydrogen-bond donors (Lipinski definition) is 1. The minimum Gasteiger partial charge on any atom is -0.325 e. The first-order valence-corrected chi connectivity index (χ1v) is 9.89. The first kappa shape index (κ1) is 19.0. The Balaban J connectivity index is 1.83. The number of carbonyl (C=O) groups is 1. The molecular formula is C20H21N3O3S. The summed E-state index contributed by atoms with van der Waals surface area (Å²) in [5.41, 5.74) is 2.62. The van der Waals surface area contributed by atoms with Crippen molar-refractivity contribution >= 4 is 32.4 Å². The molecule has 140 valence electrons. The Bertz CT molecular complexity index is 1110. The third-order valence-electron chi connectivity index (χ3n) is 4.36. The summed E-state index contributed by atoms with van der Waals surface area (Å²) in [5.74, 6) is -0.392. The molecule has 1 N–H and O–H groups in total. The van der Waals surface area contributed by atoms with Crippen molar-refractivity contribution in [2.75, 3.05) is 18.9 Å². The summed E-state index contributed by atoms with van der Waals surface area (Å²) in [6.45, 7) is 3.54. The predicted octanol–water partition coefficient (Wildman–Crippen LogP) is 3.11. The van der Waals surface area contributed by atoms with Crippen molar-refractivity contribution < 1.29 is 13.2 Å². The summed E-state index contributed by atoms with van der Waals surface area (Å²) in [5, 5.41) is 4.09. The maximum Gasteiger partial charge on any atom is 0.243 e. The van der Waals surface area contributed by atoms with E-state index in [4.69, 9.17) is 0 Å². The number of carbonyl (C=O) groups excluding carboxylic acids is 1. The SMILES string of the molecule is Cc1ccc(C)c(NC(=O)CN(C)S(=O)(=O)c2cccc3cnccc23)c1. The molecule has 0 aliphatic rings. The van der Waals surface area contributed by atoms with E-state index in [-0.39, 0.29) is 11.4 Å². The Morgan fingerprint density at radius 1 is 1.15 bits per heavy atom. The molecular weight excluding hydrogens is 362 g/mol. The number of sulfonamides is 1. The van der Waals surface area contributed by atoms with Crippen LogP contribution >= 0.6 is 0 Å². The second kappa shape index (κ2) is 7.46. The molecule has 3 aromatic rings. The molecule has 1 aromatic heterocycles. The Morgan fingerprint density at radius 3 is 2.70 bits per heavy atom. The number of rotatable bonds is 5. The van der Waals surface area contributed by atoms with Gasteiger partial charge in [0.05, 0.1) is 11.4 Å². The molecule has 7 heteroatoms. The van der Waals surface area contributed by atoms with E-state index in [1.807, 2.05) is 32.0 Å². The van der Waals surface area contributed by atoms with E-state index >= 15 is 0 Å². The molecule has 0 bridgehead atoms. The van der Waals surface area contributed by atoms with Gasteiger partial charge < -0.3 is 5.32 Å². The average molecular weight is 383 g/mol. The lowest BCUT2D eigenvalue weighted by Gasteiger charge is -2.18. The highest BCUT2D eigenvalue weighted by Gasteiger charge is 2.25. The number of hydrogen-bond acceptors (Lipinski definition) is 4. The summed E-state index contributed by atoms with van der Waals surface area (Å²) in [7, 11) is -2.43. The van der Waals surface area contributed by atoms with Crippen LogP contribution in [-0.4, -0.2) is 37.2 Å². The van der Waals surface area contributed by atoms with E-state index in [1.165, 1.54) is 13.1 Å². The van der Waals surface area contributed by atoms with Crippen LogP contribution in [0, 0.1) is 13.8 Å². The first-order chi connectivity index (χ1) is 12.8. The molecule has 1 amide bonds. The Morgan fingerprint density at radius 2 is 1.93 bits per heavy atom. The van der Waals surface area contributed by atoms with Crippen LogP contribution in [0.5, 0.6) is 0 Å². The van der Waals surface area contributed by atoms with Crippen molar-refractivity contribution in [2.45, 2.75) is 18.7 Å². The molecule has 6 nitrogen and oxygen atoms in total. The largest absolute Gasteiger partial charge is 0.325 e. The average Bonchev–Trinajstić information content (AvgIpc) is 2.64. The fourth-order valence-corrected chi connectivity index (χ4v) is 4.17. The van der Waals surface area contributed by atoms with Gasteiger partial charge in [-0.2, -0.15) is 4.31 Å². The standard InChI is InChI=1S/C20H21N3O3S/c1-14-7-8-15(2)18(11-14)22-20(24)13-23(3)27(25,26)19-6-4-5-16-12-21-10-9-17(16)19/h4-12H,13H2,1-3H3,(H,22,24). The van der Waals surface area contributed by atoms with E-state index < -0.39 is 15.9 Å². The van der Waals surface area contributed by atoms with Crippen molar-refractivity contribution in [1.82, 2.24) is 9.29 Å². The van der Waals surface area contributed by atoms with Gasteiger partial charge in [0.25, 0.3) is 0 Å². The number of nitrogens with one attached hydrogen (secondary N) is 1. The topological polar surface area (TPSA) is 79.4 Å². The zero-order chi connectivity index (χ0) is 19.6. The van der Waals surface area contributed by atoms with Gasteiger partial charge in [-0.25, -0.2) is 8.42 Å². The van der Waals surface area contributed by atoms with Crippen molar-refractivity contribution in [1.29, 1.82) is 0 Å². The number of amides is 1. The van der Waals surface area contributed by atoms with Gasteiger partial charge in [0.2, 0.25) is 15.9 Å². The van der Waals surface area contributed by atoms with E-state index in [2.05, 4.69) is 10.3 Å². The number of anilines is 1. The minimum atomic E-state index is -3.83. The molecule has 0 spiro atoms. The summed E-state index contributed by atoms with van der Waals surface area (Å²) in [4.78, 5) is 16.6. The second-order valence-corrected chi connectivity index (χ2v) is 8.49. The van der Waals surface area contributed by atoms with Gasteiger partial charge in [-0.1, -0.05) is 24.3 Å². The lowest BCUT2D eigenvalue weighted by atomic mass is 10.1. The molecule has 0 aliphatic heterocycles. The van der Waals surface area contributed by atoms with E-state index in [0.717, 1.165) is 20.8 Å². The van der Waals surface area contributed by atoms with Gasteiger partial charge in [0.1, 0.15) is 0 Å². The molecule has 0 radical (unpaired) electrons. The maximum atomic E-state index is 13.0. The maximum absolute atomic E-state index is 13.0. The first-order valence-electron chi connectivity index (χ1n) is 8.45. The Hall–Kier alpha value is -2.77. The number of aromatic nitrogens is 1. The minimum absolute atomic E-state index is 0.157. The smallest absolute Gasteiger partial charge is 0.243 e. The highest BCUT2D eigenvalue weighted by atomic mass is 32.2. The third-order valence-corrected chi connectivity index (χ3v) is 6.22. The van der Waals surface area contributed by atoms with E-state index in [0.29, 0.717) is 11.1 Å². The van der Waals surface area contributed by atoms with Crippen LogP contribution in [0.25, 0.3) is 10.8 Å². The normalized spacial score (nSPS) is 11.7. The Labute approximate surface area is 158 Å². The molecule has 0 saturated carbocycles. The summed E-state index contributed by atoms with van der Waals surface area (Å²) in [6, 6.07) is 12.4. The zero-order valence-corrected chi connectivity index (χ0v) is 16.2. The van der Waals surface area contributed by atoms with E-state index in [9.17, 15) is 13.2 Å². The van der Waals surface area contributed by atoms with Crippen LogP contribution in [0.15, 0.2) is 59.8 Å². The van der Waals surface area contributed by atoms with Gasteiger partial charge in [0.15, 0.2) is 0 Å². The molecule has 0 atom stereocenters. The lowest BCUT2D eigenvalue weighted by molar-refractivity contribution is -0.116. The molecule has 0 unspecified atom stereocenters. The van der Waals surface area contributed by atoms with Crippen molar-refractivity contribution in [3.05, 3.63) is 66.0 Å². The molecule has 3 rings (SSSR count). The third kappa shape index (κ3) is 3.99. The van der Waals surface area contributed by atoms with E-state index in [1.54, 1.807) is 30.6 Å². The quantitative estimate of drug-likeness (QED) is 0.734. The number of pyridine rings is 1. The number of fused-ring (bicyclic) bond motifs is 1. The van der Waals surface area contributed by atoms with Crippen LogP contribution in [0.4, 0.5) is 5.69 Å². The summed E-state index contributed by atoms with van der Waals surface area (Å²) < 4.78 is 27.0. The van der Waals surface area contributed by atoms with Crippen LogP contribution in [-0.2, 0) is 14.8 Å². The van der Waals surface area contributed by atoms with Crippen molar-refractivity contribution in [2.24, 2.45) is 0 Å². The number of nitrogens with zero attached hydrogens (tertiary/aromatic N) is 2. The van der Waals surface area contributed by atoms with Crippen LogP contribution in [0.2, 0.25) is 0 Å². The molecule has 27 heavy (non-hydrogen) atoms. The molecule has 0 saturated heterocycles. The number of likely N-dealkylation sites (N-methyl/N-ethyl adjacent to an activating group) is 1. The highest BCUT2D eigenvalue weighted by Crippen LogP contribution is 2.24. The monoisotopic (exact) mass is 383 g/mol. The molecule has 1 heterocycles. The van der Waals surface area contributed by atoms with Crippen molar-refractivity contribution in [3.63, 3.8) is 0 Å².